The maximum Gasteiger partial charge on any atom is 1.00 e. The molecule has 428 valence electrons. The molecule has 6 fully saturated rings. The molecule has 0 spiro atoms. The fourth-order valence-electron chi connectivity index (χ4n) is 8.18. The molecule has 1 amide bonds. The van der Waals surface area contributed by atoms with Crippen molar-refractivity contribution < 1.29 is 107 Å². The van der Waals surface area contributed by atoms with Crippen LogP contribution in [0.1, 0.15) is 55.2 Å². The van der Waals surface area contributed by atoms with E-state index in [9.17, 15) is 39.6 Å². The van der Waals surface area contributed by atoms with Crippen molar-refractivity contribution in [2.45, 2.75) is 54.3 Å². The number of hydrogen-bond donors (Lipinski definition) is 5. The second-order valence-electron chi connectivity index (χ2n) is 17.9. The zero-order valence-electron chi connectivity index (χ0n) is 44.0. The smallest absolute Gasteiger partial charge is 1.00 e. The summed E-state index contributed by atoms with van der Waals surface area (Å²) in [7, 11) is -1.74. The number of methoxy groups -OCH3 is 2. The molecule has 3 aromatic rings. The second-order valence-corrected chi connectivity index (χ2v) is 25.2. The summed E-state index contributed by atoms with van der Waals surface area (Å²) in [4.78, 5) is 40.2. The number of hydrogen-bond acceptors (Lipinski definition) is 19. The molecule has 28 heteroatoms. The van der Waals surface area contributed by atoms with Gasteiger partial charge in [0, 0.05) is 125 Å². The third-order valence-electron chi connectivity index (χ3n) is 12.7. The molecule has 3 aliphatic carbocycles. The summed E-state index contributed by atoms with van der Waals surface area (Å²) in [6.45, 7) is 8.47. The van der Waals surface area contributed by atoms with Crippen LogP contribution in [0.4, 0.5) is 17.1 Å². The number of nitrogens with two attached hydrogens (primary N) is 1. The topological polar surface area (TPSA) is 309 Å². The van der Waals surface area contributed by atoms with Crippen molar-refractivity contribution in [1.29, 1.82) is 0 Å². The number of benzene rings is 3. The molecule has 3 heterocycles. The van der Waals surface area contributed by atoms with Gasteiger partial charge in [-0.05, 0) is 91.6 Å². The summed E-state index contributed by atoms with van der Waals surface area (Å²) < 4.78 is 82.0. The van der Waals surface area contributed by atoms with E-state index in [0.717, 1.165) is 92.8 Å². The number of nitrogens with one attached hydrogen (secondary N) is 2. The third-order valence-corrected chi connectivity index (χ3v) is 19.5. The minimum absolute atomic E-state index is 0. The quantitative estimate of drug-likeness (QED) is 0.0278. The summed E-state index contributed by atoms with van der Waals surface area (Å²) in [5.74, 6) is 2.18. The molecule has 78 heavy (non-hydrogen) atoms. The van der Waals surface area contributed by atoms with E-state index < -0.39 is 41.0 Å². The average Bonchev–Trinajstić information content (AvgIpc) is 4.25. The minimum atomic E-state index is -3.16. The SMILES string of the molecule is COC(=O)/C=C/c1ccccc1N1CCN(S(=O)(=O)C2CC2)CC1.COC(=O)/C=C/c1ccccc1N1CCNCC1.NO.O=C(/C=C/c1ccccc1N1CCN(S(=O)(=O)C2CC2)CC1)NO.O=S(=O)(Cl)C1CC1.[Cl-].[Na+].[OH-]. The number of carbonyl (C=O) groups is 3. The number of nitrogens with zero attached hydrogens (tertiary/aromatic N) is 5. The standard InChI is InChI=1S/C17H22N2O4S.C16H21N3O4S.C14H18N2O2.C3H5ClO2S.ClH.H3NO.Na.H2O/c1-23-17(20)9-6-14-4-2-3-5-16(14)18-10-12-19(13-11-18)24(21,22)15-7-8-15;20-16(17-21)8-5-13-3-1-2-4-15(13)18-9-11-19(12-10-18)24(22,23)14-6-7-14;1-18-14(17)7-6-12-4-2-3-5-13(12)16-10-8-15-9-11-16;4-7(5,6)3-1-2-3;;1-2;;/h2-6,9,15H,7-8,10-13H2,1H3;1-5,8,14,21H,6-7,9-12H2,(H,17,20);2-7,15H,8-11H2,1H3;3H,1-2H2;1H;2H,1H2;;1H2/q;;;;;;+1;/p-2/b9-6+;8-5+;7-6+;;;;;. The van der Waals surface area contributed by atoms with Crippen molar-refractivity contribution in [3.63, 3.8) is 0 Å². The summed E-state index contributed by atoms with van der Waals surface area (Å²) >= 11 is 0. The number of carbonyl (C=O) groups excluding carboxylic acids is 3. The Kier molecular flexibility index (Phi) is 30.7. The zero-order valence-corrected chi connectivity index (χ0v) is 49.9. The average molecular weight is 1200 g/mol. The van der Waals surface area contributed by atoms with E-state index in [-0.39, 0.29) is 69.2 Å². The molecule has 3 saturated carbocycles. The van der Waals surface area contributed by atoms with Gasteiger partial charge in [0.25, 0.3) is 5.91 Å². The van der Waals surface area contributed by atoms with Gasteiger partial charge in [-0.1, -0.05) is 54.6 Å². The molecule has 0 atom stereocenters. The fraction of sp³-hybridized carbons (Fsp3) is 0.460. The normalized spacial score (nSPS) is 17.8. The molecule has 0 aromatic heterocycles. The molecule has 3 aromatic carbocycles. The van der Waals surface area contributed by atoms with Gasteiger partial charge < -0.3 is 52.6 Å². The number of ether oxygens (including phenoxy) is 2. The predicted octanol–water partition coefficient (Wildman–Crippen LogP) is -2.53. The summed E-state index contributed by atoms with van der Waals surface area (Å²) in [6, 6.07) is 23.5. The Morgan fingerprint density at radius 3 is 1.15 bits per heavy atom. The van der Waals surface area contributed by atoms with Gasteiger partial charge in [0.15, 0.2) is 0 Å². The van der Waals surface area contributed by atoms with Crippen molar-refractivity contribution in [3.05, 3.63) is 108 Å². The van der Waals surface area contributed by atoms with Crippen LogP contribution in [0.3, 0.4) is 0 Å². The number of halogens is 2. The number of anilines is 3. The Labute approximate surface area is 491 Å². The maximum atomic E-state index is 12.3. The van der Waals surface area contributed by atoms with Crippen LogP contribution in [0.25, 0.3) is 18.2 Å². The van der Waals surface area contributed by atoms with Crippen LogP contribution in [-0.2, 0) is 53.0 Å². The Morgan fingerprint density at radius 1 is 0.564 bits per heavy atom. The van der Waals surface area contributed by atoms with Gasteiger partial charge in [-0.2, -0.15) is 8.61 Å². The monoisotopic (exact) mass is 1200 g/mol. The number of piperazine rings is 3. The summed E-state index contributed by atoms with van der Waals surface area (Å²) in [5, 5.41) is 17.9. The largest absolute Gasteiger partial charge is 1.00 e. The van der Waals surface area contributed by atoms with Gasteiger partial charge in [-0.3, -0.25) is 10.0 Å². The van der Waals surface area contributed by atoms with Crippen LogP contribution >= 0.6 is 10.7 Å². The molecular weight excluding hydrogens is 1130 g/mol. The first-order valence-corrected chi connectivity index (χ1v) is 29.9. The Morgan fingerprint density at radius 2 is 0.872 bits per heavy atom. The van der Waals surface area contributed by atoms with Crippen LogP contribution in [0.15, 0.2) is 91.0 Å². The molecule has 22 nitrogen and oxygen atoms in total. The first-order valence-electron chi connectivity index (χ1n) is 24.5. The molecule has 6 aliphatic rings. The van der Waals surface area contributed by atoms with Gasteiger partial charge in [0.1, 0.15) is 0 Å². The summed E-state index contributed by atoms with van der Waals surface area (Å²) in [5.41, 5.74) is 7.49. The van der Waals surface area contributed by atoms with E-state index in [2.05, 4.69) is 41.5 Å². The number of amides is 1. The van der Waals surface area contributed by atoms with E-state index in [1.54, 1.807) is 26.2 Å². The van der Waals surface area contributed by atoms with Gasteiger partial charge in [0.05, 0.1) is 30.0 Å². The van der Waals surface area contributed by atoms with E-state index in [0.29, 0.717) is 52.4 Å². The second kappa shape index (κ2) is 34.2. The van der Waals surface area contributed by atoms with Crippen LogP contribution in [0.2, 0.25) is 0 Å². The Bertz CT molecular complexity index is 2680. The van der Waals surface area contributed by atoms with Crippen LogP contribution in [0, 0.1) is 0 Å². The van der Waals surface area contributed by atoms with Crippen molar-refractivity contribution in [2.24, 2.45) is 5.90 Å². The molecule has 0 bridgehead atoms. The first kappa shape index (κ1) is 69.9. The fourth-order valence-corrected chi connectivity index (χ4v) is 13.1. The third kappa shape index (κ3) is 21.7. The number of esters is 2. The van der Waals surface area contributed by atoms with Gasteiger partial charge in [-0.15, -0.1) is 0 Å². The van der Waals surface area contributed by atoms with Crippen LogP contribution in [0.5, 0.6) is 0 Å². The Balaban J connectivity index is 0.000000366. The number of hydroxylamine groups is 1. The van der Waals surface area contributed by atoms with Crippen molar-refractivity contribution in [3.8, 4) is 0 Å². The summed E-state index contributed by atoms with van der Waals surface area (Å²) in [6.07, 6.45) is 13.9. The van der Waals surface area contributed by atoms with Crippen molar-refractivity contribution in [1.82, 2.24) is 19.4 Å². The predicted molar refractivity (Wildman–Crippen MR) is 293 cm³/mol. The van der Waals surface area contributed by atoms with Crippen molar-refractivity contribution >= 4 is 92.9 Å². The molecule has 3 saturated heterocycles. The zero-order chi connectivity index (χ0) is 54.6. The maximum absolute atomic E-state index is 12.3. The van der Waals surface area contributed by atoms with E-state index in [1.165, 1.54) is 38.1 Å². The Hall–Kier alpha value is -4.16. The van der Waals surface area contributed by atoms with Crippen LogP contribution < -0.4 is 73.4 Å². The molecule has 9 rings (SSSR count). The van der Waals surface area contributed by atoms with E-state index in [1.807, 2.05) is 72.8 Å². The molecule has 0 radical (unpaired) electrons. The molecular formula is C50H70Cl2N8NaO14S3-. The molecule has 0 unspecified atom stereocenters. The van der Waals surface area contributed by atoms with E-state index >= 15 is 0 Å². The number of sulfonamides is 2. The molecule has 3 aliphatic heterocycles. The molecule has 7 N–H and O–H groups in total. The van der Waals surface area contributed by atoms with Gasteiger partial charge >= 0.3 is 41.5 Å². The van der Waals surface area contributed by atoms with E-state index in [4.69, 9.17) is 21.1 Å². The number of rotatable bonds is 14. The van der Waals surface area contributed by atoms with Crippen LogP contribution in [-0.4, -0.2) is 176 Å². The number of para-hydroxylation sites is 3. The van der Waals surface area contributed by atoms with Gasteiger partial charge in [-0.25, -0.2) is 46.2 Å². The first-order chi connectivity index (χ1) is 36.0. The van der Waals surface area contributed by atoms with Gasteiger partial charge in [0.2, 0.25) is 29.1 Å². The van der Waals surface area contributed by atoms with Crippen molar-refractivity contribution in [2.75, 3.05) is 107 Å². The minimum Gasteiger partial charge on any atom is -1.00 e.